The van der Waals surface area contributed by atoms with Gasteiger partial charge in [0.15, 0.2) is 5.58 Å². The second-order valence-electron chi connectivity index (χ2n) is 4.58. The summed E-state index contributed by atoms with van der Waals surface area (Å²) in [5.41, 5.74) is 2.86. The highest BCUT2D eigenvalue weighted by molar-refractivity contribution is 7.99. The van der Waals surface area contributed by atoms with Gasteiger partial charge in [-0.15, -0.1) is 0 Å². The Morgan fingerprint density at radius 2 is 2.00 bits per heavy atom. The minimum absolute atomic E-state index is 0.188. The lowest BCUT2D eigenvalue weighted by Crippen LogP contribution is -2.05. The molecular weight excluding hydrogens is 288 g/mol. The zero-order valence-corrected chi connectivity index (χ0v) is 12.3. The van der Waals surface area contributed by atoms with Crippen molar-refractivity contribution in [2.75, 3.05) is 0 Å². The van der Waals surface area contributed by atoms with Gasteiger partial charge in [0.2, 0.25) is 0 Å². The average molecular weight is 300 g/mol. The van der Waals surface area contributed by atoms with Crippen LogP contribution in [0.1, 0.15) is 21.7 Å². The summed E-state index contributed by atoms with van der Waals surface area (Å²) in [6.45, 7) is 3.52. The van der Waals surface area contributed by atoms with Crippen molar-refractivity contribution in [3.05, 3.63) is 47.3 Å². The molecule has 6 heteroatoms. The van der Waals surface area contributed by atoms with Crippen molar-refractivity contribution in [3.8, 4) is 0 Å². The Bertz CT molecular complexity index is 809. The van der Waals surface area contributed by atoms with E-state index in [9.17, 15) is 9.90 Å². The van der Waals surface area contributed by atoms with E-state index in [0.717, 1.165) is 11.2 Å². The van der Waals surface area contributed by atoms with Crippen LogP contribution in [0.2, 0.25) is 0 Å². The van der Waals surface area contributed by atoms with E-state index < -0.39 is 5.97 Å². The number of aryl methyl sites for hydroxylation is 2. The second-order valence-corrected chi connectivity index (χ2v) is 5.57. The number of nitrogens with zero attached hydrogens (tertiary/aromatic N) is 2. The van der Waals surface area contributed by atoms with Crippen molar-refractivity contribution in [2.45, 2.75) is 24.0 Å². The highest BCUT2D eigenvalue weighted by Gasteiger charge is 2.18. The molecule has 21 heavy (non-hydrogen) atoms. The first-order valence-corrected chi connectivity index (χ1v) is 7.11. The molecule has 0 aliphatic heterocycles. The lowest BCUT2D eigenvalue weighted by Gasteiger charge is -2.07. The number of aromatic nitrogens is 2. The van der Waals surface area contributed by atoms with Crippen LogP contribution < -0.4 is 0 Å². The summed E-state index contributed by atoms with van der Waals surface area (Å²) in [6.07, 6.45) is 0. The number of aromatic carboxylic acids is 1. The Balaban J connectivity index is 2.06. The Kier molecular flexibility index (Phi) is 3.39. The summed E-state index contributed by atoms with van der Waals surface area (Å²) in [4.78, 5) is 20.5. The first kappa shape index (κ1) is 13.6. The molecule has 1 N–H and O–H groups in total. The van der Waals surface area contributed by atoms with Gasteiger partial charge >= 0.3 is 5.97 Å². The van der Waals surface area contributed by atoms with E-state index in [1.54, 1.807) is 13.0 Å². The largest absolute Gasteiger partial charge is 0.478 e. The zero-order valence-electron chi connectivity index (χ0n) is 11.5. The van der Waals surface area contributed by atoms with Crippen molar-refractivity contribution in [3.63, 3.8) is 0 Å². The molecule has 1 aromatic carbocycles. The first-order chi connectivity index (χ1) is 10.0. The second kappa shape index (κ2) is 5.21. The average Bonchev–Trinajstić information content (AvgIpc) is 2.79. The predicted octanol–water partition coefficient (Wildman–Crippen LogP) is 3.69. The zero-order chi connectivity index (χ0) is 15.0. The van der Waals surface area contributed by atoms with Crippen LogP contribution in [0.5, 0.6) is 0 Å². The van der Waals surface area contributed by atoms with Gasteiger partial charge in [0, 0.05) is 10.6 Å². The molecule has 2 aromatic heterocycles. The van der Waals surface area contributed by atoms with Gasteiger partial charge in [0.1, 0.15) is 5.52 Å². The summed E-state index contributed by atoms with van der Waals surface area (Å²) < 4.78 is 5.62. The molecule has 2 heterocycles. The molecule has 0 unspecified atom stereocenters. The number of hydrogen-bond donors (Lipinski definition) is 1. The lowest BCUT2D eigenvalue weighted by molar-refractivity contribution is 0.0691. The molecule has 0 saturated carbocycles. The number of benzene rings is 1. The van der Waals surface area contributed by atoms with E-state index >= 15 is 0 Å². The van der Waals surface area contributed by atoms with Crippen LogP contribution in [0.15, 0.2) is 44.9 Å². The van der Waals surface area contributed by atoms with Crippen LogP contribution in [-0.2, 0) is 0 Å². The summed E-state index contributed by atoms with van der Waals surface area (Å²) in [5, 5.41) is 9.77. The number of rotatable bonds is 3. The minimum Gasteiger partial charge on any atom is -0.478 e. The standard InChI is InChI=1S/C15H12N2O3S/c1-8-7-12(13(14(18)19)9(2)16-8)21-15-17-10-5-3-4-6-11(10)20-15/h3-7H,1-2H3,(H,18,19). The Morgan fingerprint density at radius 1 is 1.24 bits per heavy atom. The Hall–Kier alpha value is -2.34. The van der Waals surface area contributed by atoms with Gasteiger partial charge in [-0.25, -0.2) is 9.78 Å². The highest BCUT2D eigenvalue weighted by Crippen LogP contribution is 2.33. The van der Waals surface area contributed by atoms with Crippen LogP contribution in [0.25, 0.3) is 11.1 Å². The van der Waals surface area contributed by atoms with E-state index in [2.05, 4.69) is 9.97 Å². The van der Waals surface area contributed by atoms with Gasteiger partial charge in [-0.1, -0.05) is 12.1 Å². The first-order valence-electron chi connectivity index (χ1n) is 6.29. The number of para-hydroxylation sites is 2. The van der Waals surface area contributed by atoms with Crippen LogP contribution in [0.3, 0.4) is 0 Å². The molecule has 3 rings (SSSR count). The smallest absolute Gasteiger partial charge is 0.338 e. The number of carboxylic acids is 1. The Morgan fingerprint density at radius 3 is 2.71 bits per heavy atom. The van der Waals surface area contributed by atoms with Crippen LogP contribution in [0.4, 0.5) is 0 Å². The van der Waals surface area contributed by atoms with Gasteiger partial charge in [-0.05, 0) is 43.8 Å². The van der Waals surface area contributed by atoms with Crippen molar-refractivity contribution < 1.29 is 14.3 Å². The lowest BCUT2D eigenvalue weighted by atomic mass is 10.2. The molecule has 0 fully saturated rings. The van der Waals surface area contributed by atoms with Crippen molar-refractivity contribution >= 4 is 28.8 Å². The molecule has 3 aromatic rings. The molecule has 0 radical (unpaired) electrons. The maximum absolute atomic E-state index is 11.4. The fourth-order valence-electron chi connectivity index (χ4n) is 2.12. The van der Waals surface area contributed by atoms with Crippen LogP contribution in [0, 0.1) is 13.8 Å². The third-order valence-corrected chi connectivity index (χ3v) is 3.87. The van der Waals surface area contributed by atoms with E-state index in [1.165, 1.54) is 11.8 Å². The van der Waals surface area contributed by atoms with Crippen molar-refractivity contribution in [1.82, 2.24) is 9.97 Å². The molecule has 0 bridgehead atoms. The quantitative estimate of drug-likeness (QED) is 0.795. The summed E-state index contributed by atoms with van der Waals surface area (Å²) in [5.74, 6) is -1.00. The van der Waals surface area contributed by atoms with Gasteiger partial charge in [-0.2, -0.15) is 0 Å². The van der Waals surface area contributed by atoms with Crippen LogP contribution in [-0.4, -0.2) is 21.0 Å². The van der Waals surface area contributed by atoms with Gasteiger partial charge in [-0.3, -0.25) is 4.98 Å². The number of fused-ring (bicyclic) bond motifs is 1. The summed E-state index contributed by atoms with van der Waals surface area (Å²) in [7, 11) is 0. The number of oxazole rings is 1. The minimum atomic E-state index is -1.00. The fraction of sp³-hybridized carbons (Fsp3) is 0.133. The molecule has 5 nitrogen and oxygen atoms in total. The number of carboxylic acid groups (broad SMARTS) is 1. The molecule has 0 saturated heterocycles. The maximum atomic E-state index is 11.4. The molecular formula is C15H12N2O3S. The normalized spacial score (nSPS) is 11.0. The number of pyridine rings is 1. The number of carbonyl (C=O) groups is 1. The summed E-state index contributed by atoms with van der Waals surface area (Å²) in [6, 6.07) is 9.15. The fourth-order valence-corrected chi connectivity index (χ4v) is 3.15. The topological polar surface area (TPSA) is 76.2 Å². The van der Waals surface area contributed by atoms with E-state index in [1.807, 2.05) is 31.2 Å². The molecule has 0 spiro atoms. The van der Waals surface area contributed by atoms with Crippen molar-refractivity contribution in [1.29, 1.82) is 0 Å². The molecule has 0 amide bonds. The van der Waals surface area contributed by atoms with Crippen molar-refractivity contribution in [2.24, 2.45) is 0 Å². The molecule has 0 aliphatic rings. The molecule has 0 atom stereocenters. The molecule has 0 aliphatic carbocycles. The van der Waals surface area contributed by atoms with E-state index in [-0.39, 0.29) is 5.56 Å². The SMILES string of the molecule is Cc1cc(Sc2nc3ccccc3o2)c(C(=O)O)c(C)n1. The van der Waals surface area contributed by atoms with E-state index in [0.29, 0.717) is 21.4 Å². The van der Waals surface area contributed by atoms with Gasteiger partial charge < -0.3 is 9.52 Å². The van der Waals surface area contributed by atoms with Crippen LogP contribution >= 0.6 is 11.8 Å². The molecule has 106 valence electrons. The predicted molar refractivity (Wildman–Crippen MR) is 78.8 cm³/mol. The number of hydrogen-bond acceptors (Lipinski definition) is 5. The maximum Gasteiger partial charge on any atom is 0.338 e. The van der Waals surface area contributed by atoms with E-state index in [4.69, 9.17) is 4.42 Å². The third kappa shape index (κ3) is 2.62. The third-order valence-electron chi connectivity index (χ3n) is 2.98. The monoisotopic (exact) mass is 300 g/mol. The summed E-state index contributed by atoms with van der Waals surface area (Å²) >= 11 is 1.20. The highest BCUT2D eigenvalue weighted by atomic mass is 32.2. The van der Waals surface area contributed by atoms with Gasteiger partial charge in [0.25, 0.3) is 5.22 Å². The Labute approximate surface area is 125 Å². The van der Waals surface area contributed by atoms with Gasteiger partial charge in [0.05, 0.1) is 11.3 Å².